The average molecular weight is 328 g/mol. The summed E-state index contributed by atoms with van der Waals surface area (Å²) in [6, 6.07) is 14.5. The molecule has 0 unspecified atom stereocenters. The number of hydrogen-bond donors (Lipinski definition) is 1. The molecular formula is C17H16N2O3S. The van der Waals surface area contributed by atoms with Crippen LogP contribution >= 0.6 is 0 Å². The largest absolute Gasteiger partial charge is 0.337 e. The van der Waals surface area contributed by atoms with Gasteiger partial charge in [0.25, 0.3) is 10.0 Å². The molecule has 3 aromatic rings. The number of aryl methyl sites for hydroxylation is 2. The normalized spacial score (nSPS) is 11.4. The molecule has 23 heavy (non-hydrogen) atoms. The van der Waals surface area contributed by atoms with Gasteiger partial charge in [0.05, 0.1) is 16.7 Å². The van der Waals surface area contributed by atoms with Gasteiger partial charge in [-0.1, -0.05) is 53.2 Å². The molecule has 0 aliphatic carbocycles. The van der Waals surface area contributed by atoms with Gasteiger partial charge in [0.15, 0.2) is 0 Å². The van der Waals surface area contributed by atoms with E-state index in [0.29, 0.717) is 11.1 Å². The molecule has 0 aliphatic heterocycles. The van der Waals surface area contributed by atoms with Gasteiger partial charge >= 0.3 is 0 Å². The molecule has 0 aliphatic rings. The summed E-state index contributed by atoms with van der Waals surface area (Å²) in [5, 5.41) is 3.72. The second-order valence-corrected chi connectivity index (χ2v) is 6.96. The number of sulfonamides is 1. The van der Waals surface area contributed by atoms with Crippen LogP contribution in [-0.4, -0.2) is 13.6 Å². The van der Waals surface area contributed by atoms with Crippen LogP contribution in [0.2, 0.25) is 0 Å². The summed E-state index contributed by atoms with van der Waals surface area (Å²) in [6.45, 7) is 3.73. The molecule has 0 bridgehead atoms. The van der Waals surface area contributed by atoms with Gasteiger partial charge in [-0.15, -0.1) is 0 Å². The molecule has 1 aromatic heterocycles. The van der Waals surface area contributed by atoms with Crippen LogP contribution in [0.25, 0.3) is 11.1 Å². The maximum absolute atomic E-state index is 12.6. The first-order chi connectivity index (χ1) is 11.0. The lowest BCUT2D eigenvalue weighted by molar-refractivity contribution is 0.435. The maximum Gasteiger partial charge on any atom is 0.264 e. The van der Waals surface area contributed by atoms with E-state index < -0.39 is 10.0 Å². The second-order valence-electron chi connectivity index (χ2n) is 5.31. The van der Waals surface area contributed by atoms with Gasteiger partial charge < -0.3 is 4.52 Å². The molecule has 5 nitrogen and oxygen atoms in total. The fraction of sp³-hybridized carbons (Fsp3) is 0.118. The van der Waals surface area contributed by atoms with Crippen molar-refractivity contribution >= 4 is 15.9 Å². The lowest BCUT2D eigenvalue weighted by atomic mass is 10.1. The SMILES string of the molecule is Cc1ccc(-c2cnoc2NS(=O)(=O)c2ccccc2C)cc1. The Morgan fingerprint density at radius 3 is 2.39 bits per heavy atom. The van der Waals surface area contributed by atoms with E-state index in [-0.39, 0.29) is 10.8 Å². The number of nitrogens with zero attached hydrogens (tertiary/aromatic N) is 1. The van der Waals surface area contributed by atoms with E-state index in [1.165, 1.54) is 6.20 Å². The van der Waals surface area contributed by atoms with Crippen LogP contribution in [0, 0.1) is 13.8 Å². The minimum Gasteiger partial charge on any atom is -0.337 e. The zero-order chi connectivity index (χ0) is 16.4. The Morgan fingerprint density at radius 1 is 1.00 bits per heavy atom. The van der Waals surface area contributed by atoms with Crippen LogP contribution in [0.3, 0.4) is 0 Å². The summed E-state index contributed by atoms with van der Waals surface area (Å²) in [7, 11) is -3.74. The highest BCUT2D eigenvalue weighted by molar-refractivity contribution is 7.92. The van der Waals surface area contributed by atoms with Gasteiger partial charge in [-0.3, -0.25) is 0 Å². The Balaban J connectivity index is 1.97. The van der Waals surface area contributed by atoms with Crippen molar-refractivity contribution in [2.75, 3.05) is 4.72 Å². The monoisotopic (exact) mass is 328 g/mol. The number of rotatable bonds is 4. The molecule has 118 valence electrons. The highest BCUT2D eigenvalue weighted by Gasteiger charge is 2.21. The molecule has 0 saturated carbocycles. The molecule has 0 saturated heterocycles. The molecule has 1 N–H and O–H groups in total. The first-order valence-corrected chi connectivity index (χ1v) is 8.56. The Hall–Kier alpha value is -2.60. The zero-order valence-electron chi connectivity index (χ0n) is 12.8. The number of anilines is 1. The smallest absolute Gasteiger partial charge is 0.264 e. The van der Waals surface area contributed by atoms with E-state index in [0.717, 1.165) is 11.1 Å². The van der Waals surface area contributed by atoms with Gasteiger partial charge in [0.1, 0.15) is 0 Å². The summed E-state index contributed by atoms with van der Waals surface area (Å²) < 4.78 is 32.7. The molecule has 2 aromatic carbocycles. The van der Waals surface area contributed by atoms with E-state index in [2.05, 4.69) is 9.88 Å². The minimum atomic E-state index is -3.74. The molecular weight excluding hydrogens is 312 g/mol. The molecule has 3 rings (SSSR count). The fourth-order valence-corrected chi connectivity index (χ4v) is 3.54. The Morgan fingerprint density at radius 2 is 1.70 bits per heavy atom. The first-order valence-electron chi connectivity index (χ1n) is 7.07. The van der Waals surface area contributed by atoms with Gasteiger partial charge in [-0.05, 0) is 31.0 Å². The van der Waals surface area contributed by atoms with E-state index >= 15 is 0 Å². The van der Waals surface area contributed by atoms with Crippen molar-refractivity contribution in [3.05, 3.63) is 65.9 Å². The minimum absolute atomic E-state index is 0.108. The van der Waals surface area contributed by atoms with E-state index in [1.54, 1.807) is 31.2 Å². The number of hydrogen-bond acceptors (Lipinski definition) is 4. The van der Waals surface area contributed by atoms with Crippen molar-refractivity contribution in [3.8, 4) is 11.1 Å². The van der Waals surface area contributed by atoms with Gasteiger partial charge in [0.2, 0.25) is 5.88 Å². The fourth-order valence-electron chi connectivity index (χ4n) is 2.29. The lowest BCUT2D eigenvalue weighted by Crippen LogP contribution is -2.14. The highest BCUT2D eigenvalue weighted by atomic mass is 32.2. The highest BCUT2D eigenvalue weighted by Crippen LogP contribution is 2.30. The van der Waals surface area contributed by atoms with Crippen LogP contribution in [-0.2, 0) is 10.0 Å². The summed E-state index contributed by atoms with van der Waals surface area (Å²) >= 11 is 0. The summed E-state index contributed by atoms with van der Waals surface area (Å²) in [5.74, 6) is 0.108. The standard InChI is InChI=1S/C17H16N2O3S/c1-12-7-9-14(10-8-12)15-11-18-22-17(15)19-23(20,21)16-6-4-3-5-13(16)2/h3-11,19H,1-2H3. The predicted molar refractivity (Wildman–Crippen MR) is 88.7 cm³/mol. The molecule has 6 heteroatoms. The number of nitrogens with one attached hydrogen (secondary N) is 1. The Bertz CT molecular complexity index is 928. The average Bonchev–Trinajstić information content (AvgIpc) is 2.95. The molecule has 1 heterocycles. The van der Waals surface area contributed by atoms with Crippen LogP contribution in [0.4, 0.5) is 5.88 Å². The van der Waals surface area contributed by atoms with Crippen molar-refractivity contribution in [2.45, 2.75) is 18.7 Å². The van der Waals surface area contributed by atoms with E-state index in [4.69, 9.17) is 4.52 Å². The van der Waals surface area contributed by atoms with Crippen molar-refractivity contribution in [2.24, 2.45) is 0 Å². The molecule has 0 radical (unpaired) electrons. The van der Waals surface area contributed by atoms with Gasteiger partial charge in [-0.25, -0.2) is 13.1 Å². The molecule has 0 spiro atoms. The van der Waals surface area contributed by atoms with Crippen molar-refractivity contribution < 1.29 is 12.9 Å². The number of aromatic nitrogens is 1. The summed E-state index contributed by atoms with van der Waals surface area (Å²) in [4.78, 5) is 0.214. The molecule has 0 fully saturated rings. The quantitative estimate of drug-likeness (QED) is 0.791. The Kier molecular flexibility index (Phi) is 3.92. The van der Waals surface area contributed by atoms with Crippen LogP contribution in [0.1, 0.15) is 11.1 Å². The van der Waals surface area contributed by atoms with Crippen molar-refractivity contribution in [1.82, 2.24) is 5.16 Å². The summed E-state index contributed by atoms with van der Waals surface area (Å²) in [5.41, 5.74) is 3.21. The van der Waals surface area contributed by atoms with E-state index in [1.807, 2.05) is 31.2 Å². The molecule has 0 amide bonds. The zero-order valence-corrected chi connectivity index (χ0v) is 13.6. The Labute approximate surface area is 135 Å². The van der Waals surface area contributed by atoms with Crippen LogP contribution in [0.15, 0.2) is 64.1 Å². The topological polar surface area (TPSA) is 72.2 Å². The third-order valence-electron chi connectivity index (χ3n) is 3.54. The van der Waals surface area contributed by atoms with Crippen molar-refractivity contribution in [1.29, 1.82) is 0 Å². The van der Waals surface area contributed by atoms with Gasteiger partial charge in [0, 0.05) is 0 Å². The van der Waals surface area contributed by atoms with E-state index in [9.17, 15) is 8.42 Å². The van der Waals surface area contributed by atoms with Crippen LogP contribution in [0.5, 0.6) is 0 Å². The third-order valence-corrected chi connectivity index (χ3v) is 5.03. The molecule has 0 atom stereocenters. The number of benzene rings is 2. The third kappa shape index (κ3) is 3.12. The first kappa shape index (κ1) is 15.3. The predicted octanol–water partition coefficient (Wildman–Crippen LogP) is 3.76. The van der Waals surface area contributed by atoms with Gasteiger partial charge in [-0.2, -0.15) is 0 Å². The van der Waals surface area contributed by atoms with Crippen molar-refractivity contribution in [3.63, 3.8) is 0 Å². The van der Waals surface area contributed by atoms with Crippen LogP contribution < -0.4 is 4.72 Å². The summed E-state index contributed by atoms with van der Waals surface area (Å²) in [6.07, 6.45) is 1.50. The second kappa shape index (κ2) is 5.89. The maximum atomic E-state index is 12.6. The lowest BCUT2D eigenvalue weighted by Gasteiger charge is -2.09.